The highest BCUT2D eigenvalue weighted by molar-refractivity contribution is 5.91. The van der Waals surface area contributed by atoms with Gasteiger partial charge < -0.3 is 10.3 Å². The van der Waals surface area contributed by atoms with Gasteiger partial charge in [-0.15, -0.1) is 0 Å². The maximum atomic E-state index is 12.1. The quantitative estimate of drug-likeness (QED) is 0.644. The Morgan fingerprint density at radius 3 is 2.59 bits per heavy atom. The number of benzene rings is 1. The lowest BCUT2D eigenvalue weighted by Gasteiger charge is -2.31. The number of aryl methyl sites for hydroxylation is 2. The van der Waals surface area contributed by atoms with Gasteiger partial charge in [-0.25, -0.2) is 4.68 Å². The van der Waals surface area contributed by atoms with Crippen LogP contribution in [0, 0.1) is 6.92 Å². The molecule has 2 aromatic heterocycles. The van der Waals surface area contributed by atoms with Crippen molar-refractivity contribution in [1.29, 1.82) is 0 Å². The van der Waals surface area contributed by atoms with Crippen molar-refractivity contribution in [1.82, 2.24) is 25.0 Å². The van der Waals surface area contributed by atoms with Gasteiger partial charge in [0.1, 0.15) is 5.69 Å². The van der Waals surface area contributed by atoms with Crippen LogP contribution in [0.15, 0.2) is 29.1 Å². The summed E-state index contributed by atoms with van der Waals surface area (Å²) in [6, 6.07) is 8.61. The molecule has 1 aliphatic heterocycles. The third kappa shape index (κ3) is 4.21. The first-order valence-electron chi connectivity index (χ1n) is 11.4. The van der Waals surface area contributed by atoms with E-state index >= 15 is 0 Å². The Hall–Kier alpha value is -2.93. The number of carbonyl (C=O) groups is 1. The van der Waals surface area contributed by atoms with Crippen molar-refractivity contribution in [2.45, 2.75) is 45.4 Å². The van der Waals surface area contributed by atoms with E-state index in [2.05, 4.69) is 52.3 Å². The van der Waals surface area contributed by atoms with Crippen LogP contribution in [0.1, 0.15) is 55.2 Å². The summed E-state index contributed by atoms with van der Waals surface area (Å²) < 4.78 is 1.41. The normalized spacial score (nSPS) is 15.6. The molecule has 1 fully saturated rings. The zero-order valence-electron chi connectivity index (χ0n) is 19.7. The van der Waals surface area contributed by atoms with Crippen LogP contribution in [0.25, 0.3) is 22.3 Å². The second-order valence-electron chi connectivity index (χ2n) is 9.24. The average molecular weight is 436 g/mol. The molecule has 7 nitrogen and oxygen atoms in total. The number of H-pyrrole nitrogens is 1. The highest BCUT2D eigenvalue weighted by Crippen LogP contribution is 2.37. The lowest BCUT2D eigenvalue weighted by Crippen LogP contribution is -2.40. The molecule has 0 unspecified atom stereocenters. The van der Waals surface area contributed by atoms with Crippen molar-refractivity contribution >= 4 is 16.8 Å². The fraction of sp³-hybridized carbons (Fsp3) is 0.480. The molecular formula is C25H33N5O2. The van der Waals surface area contributed by atoms with Crippen LogP contribution in [0.3, 0.4) is 0 Å². The van der Waals surface area contributed by atoms with Gasteiger partial charge in [0.15, 0.2) is 0 Å². The van der Waals surface area contributed by atoms with Crippen molar-refractivity contribution in [3.8, 4) is 11.4 Å². The predicted molar refractivity (Wildman–Crippen MR) is 128 cm³/mol. The molecule has 0 radical (unpaired) electrons. The van der Waals surface area contributed by atoms with Crippen LogP contribution < -0.4 is 10.9 Å². The van der Waals surface area contributed by atoms with E-state index in [1.165, 1.54) is 21.2 Å². The molecule has 0 aliphatic carbocycles. The number of amides is 1. The number of hydrogen-bond donors (Lipinski definition) is 2. The number of rotatable bonds is 5. The van der Waals surface area contributed by atoms with Crippen molar-refractivity contribution < 1.29 is 4.79 Å². The molecule has 1 saturated heterocycles. The molecule has 7 heteroatoms. The Balaban J connectivity index is 1.67. The zero-order chi connectivity index (χ0) is 23.0. The molecule has 0 saturated carbocycles. The first-order valence-corrected chi connectivity index (χ1v) is 11.4. The summed E-state index contributed by atoms with van der Waals surface area (Å²) in [7, 11) is 3.39. The maximum Gasteiger partial charge on any atom is 0.269 e. The summed E-state index contributed by atoms with van der Waals surface area (Å²) in [6.45, 7) is 8.59. The number of likely N-dealkylation sites (tertiary alicyclic amines) is 1. The summed E-state index contributed by atoms with van der Waals surface area (Å²) >= 11 is 0. The van der Waals surface area contributed by atoms with Crippen LogP contribution in [0.4, 0.5) is 0 Å². The smallest absolute Gasteiger partial charge is 0.269 e. The number of nitrogens with zero attached hydrogens (tertiary/aromatic N) is 3. The van der Waals surface area contributed by atoms with E-state index < -0.39 is 0 Å². The van der Waals surface area contributed by atoms with Gasteiger partial charge in [-0.05, 0) is 74.0 Å². The highest BCUT2D eigenvalue weighted by atomic mass is 16.2. The number of aromatic amines is 1. The number of nitrogens with one attached hydrogen (secondary N) is 2. The summed E-state index contributed by atoms with van der Waals surface area (Å²) in [6.07, 6.45) is 2.11. The topological polar surface area (TPSA) is 83.0 Å². The monoisotopic (exact) mass is 435 g/mol. The van der Waals surface area contributed by atoms with Gasteiger partial charge in [0, 0.05) is 30.6 Å². The van der Waals surface area contributed by atoms with Gasteiger partial charge in [-0.1, -0.05) is 19.9 Å². The van der Waals surface area contributed by atoms with Gasteiger partial charge in [-0.3, -0.25) is 14.5 Å². The summed E-state index contributed by atoms with van der Waals surface area (Å²) in [5.74, 6) is 0.882. The third-order valence-electron chi connectivity index (χ3n) is 6.64. The van der Waals surface area contributed by atoms with E-state index in [1.54, 1.807) is 14.1 Å². The van der Waals surface area contributed by atoms with Crippen molar-refractivity contribution in [3.05, 3.63) is 51.3 Å². The van der Waals surface area contributed by atoms with E-state index in [9.17, 15) is 9.59 Å². The fourth-order valence-corrected chi connectivity index (χ4v) is 4.87. The number of fused-ring (bicyclic) bond motifs is 1. The minimum atomic E-state index is -0.0685. The molecule has 0 spiro atoms. The SMILES string of the molecule is CNC(=O)CN1CCC(c2ccc3[nH]c(-c4cc(C)c(=O)n(C)n4)c(C(C)C)c3c2)CC1. The van der Waals surface area contributed by atoms with E-state index in [0.717, 1.165) is 42.8 Å². The van der Waals surface area contributed by atoms with Crippen LogP contribution in [0.2, 0.25) is 0 Å². The van der Waals surface area contributed by atoms with Crippen molar-refractivity contribution in [3.63, 3.8) is 0 Å². The van der Waals surface area contributed by atoms with Crippen molar-refractivity contribution in [2.75, 3.05) is 26.7 Å². The second kappa shape index (κ2) is 8.90. The second-order valence-corrected chi connectivity index (χ2v) is 9.24. The number of carbonyl (C=O) groups excluding carboxylic acids is 1. The van der Waals surface area contributed by atoms with Gasteiger partial charge in [0.2, 0.25) is 5.91 Å². The largest absolute Gasteiger partial charge is 0.358 e. The van der Waals surface area contributed by atoms with Crippen LogP contribution in [-0.2, 0) is 11.8 Å². The maximum absolute atomic E-state index is 12.1. The molecule has 0 atom stereocenters. The van der Waals surface area contributed by atoms with Gasteiger partial charge >= 0.3 is 0 Å². The Bertz CT molecular complexity index is 1170. The Labute approximate surface area is 188 Å². The number of likely N-dealkylation sites (N-methyl/N-ethyl adjacent to an activating group) is 1. The fourth-order valence-electron chi connectivity index (χ4n) is 4.87. The summed E-state index contributed by atoms with van der Waals surface area (Å²) in [4.78, 5) is 29.6. The van der Waals surface area contributed by atoms with E-state index in [4.69, 9.17) is 0 Å². The van der Waals surface area contributed by atoms with Crippen molar-refractivity contribution in [2.24, 2.45) is 7.05 Å². The molecule has 4 rings (SSSR count). The first-order chi connectivity index (χ1) is 15.3. The van der Waals surface area contributed by atoms with E-state index in [0.29, 0.717) is 23.9 Å². The highest BCUT2D eigenvalue weighted by Gasteiger charge is 2.24. The van der Waals surface area contributed by atoms with Gasteiger partial charge in [0.25, 0.3) is 5.56 Å². The van der Waals surface area contributed by atoms with Crippen LogP contribution in [0.5, 0.6) is 0 Å². The van der Waals surface area contributed by atoms with Crippen LogP contribution >= 0.6 is 0 Å². The lowest BCUT2D eigenvalue weighted by atomic mass is 9.87. The van der Waals surface area contributed by atoms with Gasteiger partial charge in [0.05, 0.1) is 12.2 Å². The lowest BCUT2D eigenvalue weighted by molar-refractivity contribution is -0.122. The third-order valence-corrected chi connectivity index (χ3v) is 6.64. The Morgan fingerprint density at radius 1 is 1.25 bits per heavy atom. The minimum absolute atomic E-state index is 0.0685. The van der Waals surface area contributed by atoms with Gasteiger partial charge in [-0.2, -0.15) is 5.10 Å². The molecule has 0 bridgehead atoms. The molecule has 1 aromatic carbocycles. The standard InChI is InChI=1S/C25H33N5O2/c1-15(2)23-19-13-18(17-8-10-30(11-9-17)14-22(31)26-4)6-7-20(19)27-24(23)21-12-16(3)25(32)29(5)28-21/h6-7,12-13,15,17,27H,8-11,14H2,1-5H3,(H,26,31). The number of piperidine rings is 1. The first kappa shape index (κ1) is 22.3. The molecule has 3 aromatic rings. The molecule has 1 aliphatic rings. The average Bonchev–Trinajstić information content (AvgIpc) is 3.16. The molecule has 32 heavy (non-hydrogen) atoms. The predicted octanol–water partition coefficient (Wildman–Crippen LogP) is 3.29. The Morgan fingerprint density at radius 2 is 1.97 bits per heavy atom. The molecule has 1 amide bonds. The van der Waals surface area contributed by atoms with E-state index in [1.807, 2.05) is 13.0 Å². The number of hydrogen-bond acceptors (Lipinski definition) is 4. The molecule has 2 N–H and O–H groups in total. The zero-order valence-corrected chi connectivity index (χ0v) is 19.7. The molecule has 170 valence electrons. The summed E-state index contributed by atoms with van der Waals surface area (Å²) in [5.41, 5.74) is 6.10. The van der Waals surface area contributed by atoms with Crippen LogP contribution in [-0.4, -0.2) is 52.3 Å². The summed E-state index contributed by atoms with van der Waals surface area (Å²) in [5, 5.41) is 8.47. The Kier molecular flexibility index (Phi) is 6.20. The minimum Gasteiger partial charge on any atom is -0.358 e. The molecular weight excluding hydrogens is 402 g/mol. The van der Waals surface area contributed by atoms with E-state index in [-0.39, 0.29) is 11.5 Å². The molecule has 3 heterocycles. The number of aromatic nitrogens is 3.